The molecule has 2 saturated heterocycles. The number of amides is 1. The van der Waals surface area contributed by atoms with Gasteiger partial charge in [-0.3, -0.25) is 4.79 Å². The molecular weight excluding hydrogens is 398 g/mol. The van der Waals surface area contributed by atoms with Crippen LogP contribution in [0, 0.1) is 4.84 Å². The predicted octanol–water partition coefficient (Wildman–Crippen LogP) is -0.0775. The van der Waals surface area contributed by atoms with Gasteiger partial charge in [0, 0.05) is 23.6 Å². The Morgan fingerprint density at radius 1 is 1.21 bits per heavy atom. The molecule has 0 radical (unpaired) electrons. The van der Waals surface area contributed by atoms with Crippen molar-refractivity contribution in [3.05, 3.63) is 45.6 Å². The summed E-state index contributed by atoms with van der Waals surface area (Å²) in [5, 5.41) is 5.31. The minimum Gasteiger partial charge on any atom is -0.412 e. The zero-order valence-electron chi connectivity index (χ0n) is 15.8. The van der Waals surface area contributed by atoms with Gasteiger partial charge in [0.05, 0.1) is 6.54 Å². The second-order valence-electron chi connectivity index (χ2n) is 7.64. The van der Waals surface area contributed by atoms with Gasteiger partial charge in [-0.15, -0.1) is 5.10 Å². The van der Waals surface area contributed by atoms with Crippen LogP contribution in [-0.2, 0) is 24.6 Å². The Hall–Kier alpha value is -1.74. The van der Waals surface area contributed by atoms with Crippen LogP contribution in [0.15, 0.2) is 28.7 Å². The van der Waals surface area contributed by atoms with E-state index in [2.05, 4.69) is 17.2 Å². The molecule has 9 heteroatoms. The number of carbonyl (C=O) groups excluding carboxylic acids is 1. The molecule has 0 aliphatic carbocycles. The molecule has 4 rings (SSSR count). The molecule has 2 aliphatic heterocycles. The maximum atomic E-state index is 11.8. The smallest absolute Gasteiger partial charge is 0.291 e. The van der Waals surface area contributed by atoms with Gasteiger partial charge in [0.2, 0.25) is 11.8 Å². The van der Waals surface area contributed by atoms with Gasteiger partial charge < -0.3 is 19.1 Å². The zero-order valence-corrected chi connectivity index (χ0v) is 17.4. The van der Waals surface area contributed by atoms with E-state index in [4.69, 9.17) is 28.2 Å². The summed E-state index contributed by atoms with van der Waals surface area (Å²) in [6.07, 6.45) is 1.53. The topological polar surface area (TPSA) is 60.1 Å². The third kappa shape index (κ3) is 4.81. The summed E-state index contributed by atoms with van der Waals surface area (Å²) in [6.45, 7) is 7.23. The molecule has 1 amide bonds. The lowest BCUT2D eigenvalue weighted by molar-refractivity contribution is -1.03. The van der Waals surface area contributed by atoms with E-state index in [1.54, 1.807) is 14.5 Å². The van der Waals surface area contributed by atoms with E-state index in [0.29, 0.717) is 30.4 Å². The number of hydrogen-bond acceptors (Lipinski definition) is 4. The lowest BCUT2D eigenvalue weighted by Gasteiger charge is -2.29. The average molecular weight is 424 g/mol. The number of benzene rings is 1. The molecule has 0 spiro atoms. The van der Waals surface area contributed by atoms with Crippen molar-refractivity contribution in [3.8, 4) is 0 Å². The fourth-order valence-electron chi connectivity index (χ4n) is 3.99. The number of nitrogens with zero attached hydrogens (tertiary/aromatic N) is 3. The van der Waals surface area contributed by atoms with E-state index < -0.39 is 0 Å². The molecule has 150 valence electrons. The Bertz CT molecular complexity index is 890. The second-order valence-corrected chi connectivity index (χ2v) is 8.43. The van der Waals surface area contributed by atoms with Crippen LogP contribution in [0.5, 0.6) is 0 Å². The largest absolute Gasteiger partial charge is 0.412 e. The summed E-state index contributed by atoms with van der Waals surface area (Å²) in [7, 11) is 0. The first-order valence-corrected chi connectivity index (χ1v) is 10.6. The van der Waals surface area contributed by atoms with E-state index in [0.717, 1.165) is 50.7 Å². The third-order valence-electron chi connectivity index (χ3n) is 5.53. The predicted molar refractivity (Wildman–Crippen MR) is 107 cm³/mol. The van der Waals surface area contributed by atoms with Gasteiger partial charge >= 0.3 is 0 Å². The Kier molecular flexibility index (Phi) is 6.10. The third-order valence-corrected chi connectivity index (χ3v) is 6.06. The normalized spacial score (nSPS) is 22.8. The van der Waals surface area contributed by atoms with Crippen molar-refractivity contribution in [2.24, 2.45) is 0 Å². The minimum atomic E-state index is 0.167. The minimum absolute atomic E-state index is 0.167. The Morgan fingerprint density at radius 3 is 2.71 bits per heavy atom. The molecule has 2 N–H and O–H groups in total. The van der Waals surface area contributed by atoms with Crippen molar-refractivity contribution in [2.45, 2.75) is 32.6 Å². The highest BCUT2D eigenvalue weighted by atomic mass is 35.5. The molecule has 28 heavy (non-hydrogen) atoms. The van der Waals surface area contributed by atoms with Crippen LogP contribution < -0.4 is 9.80 Å². The SMILES string of the molecule is O=C1CCCN1Cc1nn(C[NH+]2CC[NH+](Cc3cccc(Cl)c3)CC2)c(=S)o1. The fourth-order valence-corrected chi connectivity index (χ4v) is 4.40. The standard InChI is InChI=1S/C19H24ClN5O2S/c20-16-4-1-3-15(11-16)12-22-7-9-23(10-8-22)14-25-19(28)27-17(21-25)13-24-6-2-5-18(24)26/h1,3-4,11H,2,5-10,12-14H2/p+2. The van der Waals surface area contributed by atoms with E-state index >= 15 is 0 Å². The number of quaternary nitrogens is 2. The van der Waals surface area contributed by atoms with Gasteiger partial charge in [-0.1, -0.05) is 23.7 Å². The first-order valence-electron chi connectivity index (χ1n) is 9.83. The van der Waals surface area contributed by atoms with Crippen LogP contribution in [0.3, 0.4) is 0 Å². The summed E-state index contributed by atoms with van der Waals surface area (Å²) in [6, 6.07) is 8.12. The van der Waals surface area contributed by atoms with E-state index in [1.807, 2.05) is 12.1 Å². The number of likely N-dealkylation sites (tertiary alicyclic amines) is 1. The molecular formula is C19H26ClN5O2S+2. The lowest BCUT2D eigenvalue weighted by Crippen LogP contribution is -3.27. The van der Waals surface area contributed by atoms with Crippen LogP contribution in [-0.4, -0.2) is 53.3 Å². The van der Waals surface area contributed by atoms with E-state index in [1.165, 1.54) is 10.5 Å². The van der Waals surface area contributed by atoms with Crippen molar-refractivity contribution in [1.82, 2.24) is 14.7 Å². The Labute approximate surface area is 174 Å². The first-order chi connectivity index (χ1) is 13.6. The van der Waals surface area contributed by atoms with Crippen LogP contribution in [0.1, 0.15) is 24.3 Å². The first kappa shape index (κ1) is 19.6. The number of rotatable bonds is 6. The molecule has 3 heterocycles. The molecule has 2 fully saturated rings. The number of carbonyl (C=O) groups is 1. The number of nitrogens with one attached hydrogen (secondary N) is 2. The maximum absolute atomic E-state index is 11.8. The number of piperazine rings is 1. The monoisotopic (exact) mass is 423 g/mol. The van der Waals surface area contributed by atoms with E-state index in [9.17, 15) is 4.79 Å². The van der Waals surface area contributed by atoms with Crippen LogP contribution in [0.4, 0.5) is 0 Å². The molecule has 1 aromatic carbocycles. The zero-order chi connectivity index (χ0) is 19.5. The van der Waals surface area contributed by atoms with Crippen molar-refractivity contribution in [2.75, 3.05) is 32.7 Å². The van der Waals surface area contributed by atoms with Gasteiger partial charge in [-0.25, -0.2) is 0 Å². The van der Waals surface area contributed by atoms with Crippen molar-refractivity contribution >= 4 is 29.7 Å². The highest BCUT2D eigenvalue weighted by Gasteiger charge is 2.25. The number of aromatic nitrogens is 2. The molecule has 0 bridgehead atoms. The van der Waals surface area contributed by atoms with E-state index in [-0.39, 0.29) is 5.91 Å². The molecule has 2 aromatic rings. The Morgan fingerprint density at radius 2 is 2.00 bits per heavy atom. The Balaban J connectivity index is 1.29. The maximum Gasteiger partial charge on any atom is 0.291 e. The second kappa shape index (κ2) is 8.73. The number of halogens is 1. The average Bonchev–Trinajstić information content (AvgIpc) is 3.22. The van der Waals surface area contributed by atoms with Gasteiger partial charge in [0.1, 0.15) is 32.7 Å². The highest BCUT2D eigenvalue weighted by molar-refractivity contribution is 7.71. The molecule has 0 atom stereocenters. The van der Waals surface area contributed by atoms with Crippen molar-refractivity contribution < 1.29 is 19.0 Å². The van der Waals surface area contributed by atoms with Crippen LogP contribution in [0.25, 0.3) is 0 Å². The molecule has 2 aliphatic rings. The van der Waals surface area contributed by atoms with Gasteiger partial charge in [-0.2, -0.15) is 4.68 Å². The van der Waals surface area contributed by atoms with Crippen LogP contribution >= 0.6 is 23.8 Å². The summed E-state index contributed by atoms with van der Waals surface area (Å²) in [5.74, 6) is 0.699. The molecule has 1 aromatic heterocycles. The summed E-state index contributed by atoms with van der Waals surface area (Å²) in [5.41, 5.74) is 1.28. The number of hydrogen-bond donors (Lipinski definition) is 2. The van der Waals surface area contributed by atoms with Gasteiger partial charge in [0.15, 0.2) is 6.67 Å². The highest BCUT2D eigenvalue weighted by Crippen LogP contribution is 2.13. The fraction of sp³-hybridized carbons (Fsp3) is 0.526. The van der Waals surface area contributed by atoms with Crippen molar-refractivity contribution in [1.29, 1.82) is 0 Å². The van der Waals surface area contributed by atoms with Gasteiger partial charge in [-0.05, 0) is 30.8 Å². The molecule has 7 nitrogen and oxygen atoms in total. The quantitative estimate of drug-likeness (QED) is 0.638. The van der Waals surface area contributed by atoms with Crippen LogP contribution in [0.2, 0.25) is 5.02 Å². The molecule has 0 unspecified atom stereocenters. The van der Waals surface area contributed by atoms with Gasteiger partial charge in [0.25, 0.3) is 4.84 Å². The summed E-state index contributed by atoms with van der Waals surface area (Å²) in [4.78, 5) is 17.0. The summed E-state index contributed by atoms with van der Waals surface area (Å²) < 4.78 is 7.39. The van der Waals surface area contributed by atoms with Crippen molar-refractivity contribution in [3.63, 3.8) is 0 Å². The lowest BCUT2D eigenvalue weighted by atomic mass is 10.2. The molecule has 0 saturated carbocycles. The summed E-state index contributed by atoms with van der Waals surface area (Å²) >= 11 is 11.4.